The minimum Gasteiger partial charge on any atom is -0.447 e. The summed E-state index contributed by atoms with van der Waals surface area (Å²) in [4.78, 5) is 25.9. The molecule has 2 N–H and O–H groups in total. The van der Waals surface area contributed by atoms with E-state index in [0.717, 1.165) is 17.1 Å². The average Bonchev–Trinajstić information content (AvgIpc) is 3.27. The van der Waals surface area contributed by atoms with Crippen LogP contribution in [0.2, 0.25) is 0 Å². The second-order valence-electron chi connectivity index (χ2n) is 7.19. The molecule has 8 heteroatoms. The molecule has 2 aromatic carbocycles. The van der Waals surface area contributed by atoms with Crippen LogP contribution in [0.5, 0.6) is 0 Å². The molecule has 154 valence electrons. The lowest BCUT2D eigenvalue weighted by molar-refractivity contribution is 0.181. The molecule has 0 saturated carbocycles. The summed E-state index contributed by atoms with van der Waals surface area (Å²) in [5.74, 6) is 0. The lowest BCUT2D eigenvalue weighted by Crippen LogP contribution is -2.24. The van der Waals surface area contributed by atoms with Crippen LogP contribution in [-0.4, -0.2) is 35.1 Å². The van der Waals surface area contributed by atoms with Crippen molar-refractivity contribution in [3.05, 3.63) is 65.5 Å². The molecule has 1 aromatic heterocycles. The summed E-state index contributed by atoms with van der Waals surface area (Å²) in [5, 5.41) is 10.3. The molecule has 2 heterocycles. The molecular weight excluding hydrogens is 382 g/mol. The van der Waals surface area contributed by atoms with E-state index in [1.165, 1.54) is 10.5 Å². The number of aryl methyl sites for hydroxylation is 2. The normalized spacial score (nSPS) is 13.3. The maximum Gasteiger partial charge on any atom is 0.414 e. The number of amides is 3. The molecule has 8 nitrogen and oxygen atoms in total. The maximum atomic E-state index is 12.6. The van der Waals surface area contributed by atoms with E-state index >= 15 is 0 Å². The minimum absolute atomic E-state index is 0.362. The Balaban J connectivity index is 1.50. The zero-order chi connectivity index (χ0) is 21.3. The average molecular weight is 405 g/mol. The van der Waals surface area contributed by atoms with Gasteiger partial charge in [0.15, 0.2) is 0 Å². The number of benzene rings is 2. The van der Waals surface area contributed by atoms with Gasteiger partial charge in [-0.2, -0.15) is 5.10 Å². The monoisotopic (exact) mass is 405 g/mol. The molecule has 0 spiro atoms. The van der Waals surface area contributed by atoms with E-state index in [2.05, 4.69) is 15.7 Å². The van der Waals surface area contributed by atoms with Crippen molar-refractivity contribution in [2.45, 2.75) is 20.8 Å². The highest BCUT2D eigenvalue weighted by molar-refractivity contribution is 6.01. The Morgan fingerprint density at radius 2 is 1.80 bits per heavy atom. The first kappa shape index (κ1) is 19.5. The van der Waals surface area contributed by atoms with Crippen molar-refractivity contribution >= 4 is 29.2 Å². The number of carbonyl (C=O) groups excluding carboxylic acids is 2. The van der Waals surface area contributed by atoms with E-state index in [1.54, 1.807) is 24.3 Å². The predicted octanol–water partition coefficient (Wildman–Crippen LogP) is 4.40. The van der Waals surface area contributed by atoms with Crippen molar-refractivity contribution in [3.8, 4) is 5.69 Å². The van der Waals surface area contributed by atoms with E-state index in [0.29, 0.717) is 30.2 Å². The van der Waals surface area contributed by atoms with Crippen molar-refractivity contribution < 1.29 is 14.3 Å². The van der Waals surface area contributed by atoms with Gasteiger partial charge in [-0.15, -0.1) is 0 Å². The lowest BCUT2D eigenvalue weighted by atomic mass is 10.2. The van der Waals surface area contributed by atoms with E-state index in [1.807, 2.05) is 49.7 Å². The van der Waals surface area contributed by atoms with Gasteiger partial charge in [-0.05, 0) is 51.1 Å². The molecule has 0 atom stereocenters. The number of aromatic nitrogens is 2. The van der Waals surface area contributed by atoms with Crippen LogP contribution in [0.25, 0.3) is 5.69 Å². The van der Waals surface area contributed by atoms with Crippen LogP contribution in [0, 0.1) is 20.8 Å². The van der Waals surface area contributed by atoms with Gasteiger partial charge in [0.05, 0.1) is 29.3 Å². The molecule has 1 aliphatic heterocycles. The number of cyclic esters (lactones) is 1. The second-order valence-corrected chi connectivity index (χ2v) is 7.19. The van der Waals surface area contributed by atoms with Crippen LogP contribution in [-0.2, 0) is 4.74 Å². The third kappa shape index (κ3) is 3.84. The topological polar surface area (TPSA) is 88.5 Å². The maximum absolute atomic E-state index is 12.6. The number of hydrogen-bond acceptors (Lipinski definition) is 4. The van der Waals surface area contributed by atoms with Gasteiger partial charge in [-0.25, -0.2) is 14.3 Å². The van der Waals surface area contributed by atoms with Crippen LogP contribution >= 0.6 is 0 Å². The van der Waals surface area contributed by atoms with Crippen molar-refractivity contribution in [3.63, 3.8) is 0 Å². The lowest BCUT2D eigenvalue weighted by Gasteiger charge is -2.14. The Kier molecular flexibility index (Phi) is 5.14. The van der Waals surface area contributed by atoms with E-state index in [9.17, 15) is 9.59 Å². The Hall–Kier alpha value is -3.81. The zero-order valence-electron chi connectivity index (χ0n) is 17.1. The van der Waals surface area contributed by atoms with Crippen LogP contribution < -0.4 is 15.5 Å². The number of anilines is 3. The van der Waals surface area contributed by atoms with E-state index in [4.69, 9.17) is 4.74 Å². The number of nitrogens with zero attached hydrogens (tertiary/aromatic N) is 3. The predicted molar refractivity (Wildman–Crippen MR) is 116 cm³/mol. The van der Waals surface area contributed by atoms with Crippen molar-refractivity contribution in [1.82, 2.24) is 9.78 Å². The standard InChI is InChI=1S/C22H23N5O3/c1-14-7-9-18(10-8-14)27-16(3)20(15(2)25-27)24-21(28)23-17-5-4-6-19(13-17)26-11-12-30-22(26)29/h4-10,13H,11-12H2,1-3H3,(H2,23,24,28). The van der Waals surface area contributed by atoms with Crippen LogP contribution in [0.4, 0.5) is 26.7 Å². The van der Waals surface area contributed by atoms with Crippen LogP contribution in [0.1, 0.15) is 17.0 Å². The summed E-state index contributed by atoms with van der Waals surface area (Å²) in [5.41, 5.74) is 5.56. The Morgan fingerprint density at radius 3 is 2.50 bits per heavy atom. The first-order chi connectivity index (χ1) is 14.4. The van der Waals surface area contributed by atoms with Gasteiger partial charge in [-0.1, -0.05) is 23.8 Å². The summed E-state index contributed by atoms with van der Waals surface area (Å²) < 4.78 is 6.78. The molecule has 1 aliphatic rings. The van der Waals surface area contributed by atoms with Gasteiger partial charge in [0, 0.05) is 11.4 Å². The van der Waals surface area contributed by atoms with Gasteiger partial charge in [-0.3, -0.25) is 4.90 Å². The molecule has 3 aromatic rings. The molecule has 1 fully saturated rings. The first-order valence-corrected chi connectivity index (χ1v) is 9.68. The summed E-state index contributed by atoms with van der Waals surface area (Å²) in [6, 6.07) is 14.7. The SMILES string of the molecule is Cc1ccc(-n2nc(C)c(NC(=O)Nc3cccc(N4CCOC4=O)c3)c2C)cc1. The molecule has 4 rings (SSSR count). The molecule has 0 radical (unpaired) electrons. The zero-order valence-corrected chi connectivity index (χ0v) is 17.1. The van der Waals surface area contributed by atoms with Crippen LogP contribution in [0.3, 0.4) is 0 Å². The minimum atomic E-state index is -0.384. The molecule has 3 amide bonds. The second kappa shape index (κ2) is 7.90. The third-order valence-electron chi connectivity index (χ3n) is 4.98. The molecule has 0 unspecified atom stereocenters. The smallest absolute Gasteiger partial charge is 0.414 e. The van der Waals surface area contributed by atoms with E-state index in [-0.39, 0.29) is 12.1 Å². The first-order valence-electron chi connectivity index (χ1n) is 9.68. The number of rotatable bonds is 4. The fourth-order valence-corrected chi connectivity index (χ4v) is 3.42. The molecular formula is C22H23N5O3. The largest absolute Gasteiger partial charge is 0.447 e. The highest BCUT2D eigenvalue weighted by atomic mass is 16.6. The molecule has 1 saturated heterocycles. The van der Waals surface area contributed by atoms with E-state index < -0.39 is 0 Å². The fraction of sp³-hybridized carbons (Fsp3) is 0.227. The van der Waals surface area contributed by atoms with Gasteiger partial charge in [0.1, 0.15) is 6.61 Å². The van der Waals surface area contributed by atoms with Gasteiger partial charge in [0.25, 0.3) is 0 Å². The van der Waals surface area contributed by atoms with Gasteiger partial charge >= 0.3 is 12.1 Å². The molecule has 0 bridgehead atoms. The van der Waals surface area contributed by atoms with Crippen molar-refractivity contribution in [2.75, 3.05) is 28.7 Å². The summed E-state index contributed by atoms with van der Waals surface area (Å²) in [6.07, 6.45) is -0.383. The number of ether oxygens (including phenoxy) is 1. The summed E-state index contributed by atoms with van der Waals surface area (Å²) in [7, 11) is 0. The number of urea groups is 1. The number of nitrogens with one attached hydrogen (secondary N) is 2. The summed E-state index contributed by atoms with van der Waals surface area (Å²) >= 11 is 0. The van der Waals surface area contributed by atoms with Crippen molar-refractivity contribution in [2.24, 2.45) is 0 Å². The van der Waals surface area contributed by atoms with Crippen molar-refractivity contribution in [1.29, 1.82) is 0 Å². The quantitative estimate of drug-likeness (QED) is 0.673. The van der Waals surface area contributed by atoms with Gasteiger partial charge < -0.3 is 15.4 Å². The number of hydrogen-bond donors (Lipinski definition) is 2. The Morgan fingerprint density at radius 1 is 1.03 bits per heavy atom. The highest BCUT2D eigenvalue weighted by Crippen LogP contribution is 2.25. The fourth-order valence-electron chi connectivity index (χ4n) is 3.42. The highest BCUT2D eigenvalue weighted by Gasteiger charge is 2.23. The summed E-state index contributed by atoms with van der Waals surface area (Å²) in [6.45, 7) is 6.65. The van der Waals surface area contributed by atoms with Crippen LogP contribution in [0.15, 0.2) is 48.5 Å². The Bertz CT molecular complexity index is 1100. The Labute approximate surface area is 174 Å². The molecule has 30 heavy (non-hydrogen) atoms. The number of carbonyl (C=O) groups is 2. The van der Waals surface area contributed by atoms with Gasteiger partial charge in [0.2, 0.25) is 0 Å². The molecule has 0 aliphatic carbocycles. The third-order valence-corrected chi connectivity index (χ3v) is 4.98.